The third-order valence-electron chi connectivity index (χ3n) is 2.92. The number of H-pyrrole nitrogens is 1. The van der Waals surface area contributed by atoms with Crippen molar-refractivity contribution in [2.24, 2.45) is 0 Å². The number of carboxylic acid groups (broad SMARTS) is 1. The van der Waals surface area contributed by atoms with E-state index < -0.39 is 22.8 Å². The maximum Gasteiger partial charge on any atom is 0.343 e. The van der Waals surface area contributed by atoms with Crippen LogP contribution in [0.15, 0.2) is 29.1 Å². The second-order valence-electron chi connectivity index (χ2n) is 5.54. The Balaban J connectivity index is 2.75. The van der Waals surface area contributed by atoms with E-state index in [-0.39, 0.29) is 11.3 Å². The summed E-state index contributed by atoms with van der Waals surface area (Å²) in [6.07, 6.45) is 0. The standard InChI is InChI=1S/C14H15FN2O3/c1-14(2,3)11-10(13(19)20)12(18)17(16-11)9-6-4-5-8(15)7-9/h4-7,16H,1-3H3,(H,19,20). The smallest absolute Gasteiger partial charge is 0.343 e. The first-order valence-electron chi connectivity index (χ1n) is 6.06. The third-order valence-corrected chi connectivity index (χ3v) is 2.92. The lowest BCUT2D eigenvalue weighted by Crippen LogP contribution is -2.22. The fourth-order valence-corrected chi connectivity index (χ4v) is 1.98. The quantitative estimate of drug-likeness (QED) is 0.885. The molecule has 20 heavy (non-hydrogen) atoms. The highest BCUT2D eigenvalue weighted by Crippen LogP contribution is 2.23. The topological polar surface area (TPSA) is 75.1 Å². The van der Waals surface area contributed by atoms with Crippen LogP contribution in [0.5, 0.6) is 0 Å². The number of halogens is 1. The number of aromatic amines is 1. The van der Waals surface area contributed by atoms with Gasteiger partial charge >= 0.3 is 5.97 Å². The van der Waals surface area contributed by atoms with Gasteiger partial charge in [0.15, 0.2) is 0 Å². The molecule has 106 valence electrons. The molecule has 0 atom stereocenters. The molecule has 0 radical (unpaired) electrons. The molecule has 1 aromatic heterocycles. The number of nitrogens with zero attached hydrogens (tertiary/aromatic N) is 1. The largest absolute Gasteiger partial charge is 0.477 e. The highest BCUT2D eigenvalue weighted by molar-refractivity contribution is 5.89. The van der Waals surface area contributed by atoms with Crippen LogP contribution in [-0.4, -0.2) is 20.9 Å². The zero-order valence-corrected chi connectivity index (χ0v) is 11.4. The van der Waals surface area contributed by atoms with Gasteiger partial charge in [-0.3, -0.25) is 9.89 Å². The van der Waals surface area contributed by atoms with Gasteiger partial charge in [-0.15, -0.1) is 0 Å². The molecule has 2 aromatic rings. The second kappa shape index (κ2) is 4.63. The van der Waals surface area contributed by atoms with Gasteiger partial charge in [0.25, 0.3) is 5.56 Å². The molecule has 2 N–H and O–H groups in total. The van der Waals surface area contributed by atoms with Gasteiger partial charge in [-0.1, -0.05) is 26.8 Å². The third kappa shape index (κ3) is 2.36. The van der Waals surface area contributed by atoms with Crippen molar-refractivity contribution < 1.29 is 14.3 Å². The summed E-state index contributed by atoms with van der Waals surface area (Å²) < 4.78 is 14.3. The minimum atomic E-state index is -1.30. The van der Waals surface area contributed by atoms with E-state index in [0.717, 1.165) is 10.7 Å². The van der Waals surface area contributed by atoms with Crippen molar-refractivity contribution in [2.45, 2.75) is 26.2 Å². The molecule has 0 bridgehead atoms. The molecule has 1 aromatic carbocycles. The van der Waals surface area contributed by atoms with Crippen molar-refractivity contribution in [3.8, 4) is 5.69 Å². The van der Waals surface area contributed by atoms with Crippen molar-refractivity contribution >= 4 is 5.97 Å². The Labute approximate surface area is 114 Å². The molecule has 0 fully saturated rings. The van der Waals surface area contributed by atoms with Crippen LogP contribution in [0.25, 0.3) is 5.69 Å². The van der Waals surface area contributed by atoms with E-state index >= 15 is 0 Å². The predicted molar refractivity (Wildman–Crippen MR) is 72.0 cm³/mol. The number of nitrogens with one attached hydrogen (secondary N) is 1. The second-order valence-corrected chi connectivity index (χ2v) is 5.54. The number of benzene rings is 1. The van der Waals surface area contributed by atoms with Crippen molar-refractivity contribution in [1.82, 2.24) is 9.78 Å². The lowest BCUT2D eigenvalue weighted by molar-refractivity contribution is 0.0692. The zero-order valence-electron chi connectivity index (χ0n) is 11.4. The minimum Gasteiger partial charge on any atom is -0.477 e. The van der Waals surface area contributed by atoms with Crippen molar-refractivity contribution in [3.05, 3.63) is 51.7 Å². The van der Waals surface area contributed by atoms with E-state index in [1.165, 1.54) is 18.2 Å². The molecule has 0 aliphatic heterocycles. The molecular weight excluding hydrogens is 263 g/mol. The summed E-state index contributed by atoms with van der Waals surface area (Å²) in [5, 5.41) is 12.0. The normalized spacial score (nSPS) is 11.6. The minimum absolute atomic E-state index is 0.257. The fraction of sp³-hybridized carbons (Fsp3) is 0.286. The maximum absolute atomic E-state index is 13.2. The van der Waals surface area contributed by atoms with Crippen LogP contribution >= 0.6 is 0 Å². The molecular formula is C14H15FN2O3. The van der Waals surface area contributed by atoms with E-state index in [2.05, 4.69) is 5.10 Å². The fourth-order valence-electron chi connectivity index (χ4n) is 1.98. The highest BCUT2D eigenvalue weighted by atomic mass is 19.1. The Hall–Kier alpha value is -2.37. The molecule has 6 heteroatoms. The molecule has 2 rings (SSSR count). The van der Waals surface area contributed by atoms with Gasteiger partial charge in [-0.2, -0.15) is 0 Å². The van der Waals surface area contributed by atoms with Crippen LogP contribution in [0.1, 0.15) is 36.8 Å². The van der Waals surface area contributed by atoms with Crippen molar-refractivity contribution in [3.63, 3.8) is 0 Å². The van der Waals surface area contributed by atoms with Gasteiger partial charge in [-0.25, -0.2) is 13.9 Å². The summed E-state index contributed by atoms with van der Waals surface area (Å²) in [5.41, 5.74) is -1.01. The summed E-state index contributed by atoms with van der Waals surface area (Å²) in [5.74, 6) is -1.80. The van der Waals surface area contributed by atoms with Crippen LogP contribution < -0.4 is 5.56 Å². The number of hydrogen-bond acceptors (Lipinski definition) is 2. The van der Waals surface area contributed by atoms with E-state index in [0.29, 0.717) is 5.69 Å². The summed E-state index contributed by atoms with van der Waals surface area (Å²) in [6, 6.07) is 5.39. The summed E-state index contributed by atoms with van der Waals surface area (Å²) >= 11 is 0. The lowest BCUT2D eigenvalue weighted by Gasteiger charge is -2.17. The Morgan fingerprint density at radius 3 is 2.45 bits per heavy atom. The number of aromatic carboxylic acids is 1. The van der Waals surface area contributed by atoms with Crippen LogP contribution in [0.4, 0.5) is 4.39 Å². The number of carbonyl (C=O) groups is 1. The van der Waals surface area contributed by atoms with Gasteiger partial charge < -0.3 is 5.11 Å². The first kappa shape index (κ1) is 14.0. The number of carboxylic acids is 1. The maximum atomic E-state index is 13.2. The van der Waals surface area contributed by atoms with E-state index in [9.17, 15) is 19.1 Å². The molecule has 0 aliphatic rings. The molecule has 5 nitrogen and oxygen atoms in total. The van der Waals surface area contributed by atoms with Crippen LogP contribution in [0.2, 0.25) is 0 Å². The molecule has 1 heterocycles. The highest BCUT2D eigenvalue weighted by Gasteiger charge is 2.29. The lowest BCUT2D eigenvalue weighted by atomic mass is 9.89. The molecule has 0 spiro atoms. The van der Waals surface area contributed by atoms with E-state index in [1.807, 2.05) is 0 Å². The Bertz CT molecular complexity index is 723. The molecule has 0 aliphatic carbocycles. The number of hydrogen-bond donors (Lipinski definition) is 2. The summed E-state index contributed by atoms with van der Waals surface area (Å²) in [6.45, 7) is 5.38. The van der Waals surface area contributed by atoms with Crippen molar-refractivity contribution in [2.75, 3.05) is 0 Å². The Kier molecular flexibility index (Phi) is 3.25. The zero-order chi connectivity index (χ0) is 15.1. The average Bonchev–Trinajstić information content (AvgIpc) is 2.66. The molecule has 0 saturated carbocycles. The van der Waals surface area contributed by atoms with Gasteiger partial charge in [0.05, 0.1) is 11.4 Å². The van der Waals surface area contributed by atoms with E-state index in [4.69, 9.17) is 0 Å². The van der Waals surface area contributed by atoms with Gasteiger partial charge in [-0.05, 0) is 18.2 Å². The Morgan fingerprint density at radius 1 is 1.35 bits per heavy atom. The van der Waals surface area contributed by atoms with Crippen LogP contribution in [0.3, 0.4) is 0 Å². The van der Waals surface area contributed by atoms with Crippen molar-refractivity contribution in [1.29, 1.82) is 0 Å². The first-order chi connectivity index (χ1) is 9.21. The van der Waals surface area contributed by atoms with Crippen LogP contribution in [0, 0.1) is 5.82 Å². The van der Waals surface area contributed by atoms with Crippen LogP contribution in [-0.2, 0) is 5.41 Å². The Morgan fingerprint density at radius 2 is 2.00 bits per heavy atom. The van der Waals surface area contributed by atoms with Gasteiger partial charge in [0, 0.05) is 5.41 Å². The summed E-state index contributed by atoms with van der Waals surface area (Å²) in [4.78, 5) is 23.5. The average molecular weight is 278 g/mol. The molecule has 0 unspecified atom stereocenters. The molecule has 0 amide bonds. The van der Waals surface area contributed by atoms with Gasteiger partial charge in [0.1, 0.15) is 11.4 Å². The monoisotopic (exact) mass is 278 g/mol. The SMILES string of the molecule is CC(C)(C)c1[nH]n(-c2cccc(F)c2)c(=O)c1C(=O)O. The van der Waals surface area contributed by atoms with Gasteiger partial charge in [0.2, 0.25) is 0 Å². The first-order valence-corrected chi connectivity index (χ1v) is 6.06. The van der Waals surface area contributed by atoms with E-state index in [1.54, 1.807) is 20.8 Å². The summed E-state index contributed by atoms with van der Waals surface area (Å²) in [7, 11) is 0. The number of rotatable bonds is 2. The predicted octanol–water partition coefficient (Wildman–Crippen LogP) is 2.30. The number of aromatic nitrogens is 2. The molecule has 0 saturated heterocycles.